The highest BCUT2D eigenvalue weighted by Gasteiger charge is 2.34. The van der Waals surface area contributed by atoms with Gasteiger partial charge < -0.3 is 19.3 Å². The number of amides is 1. The van der Waals surface area contributed by atoms with Gasteiger partial charge in [0.25, 0.3) is 0 Å². The molecule has 3 aliphatic heterocycles. The van der Waals surface area contributed by atoms with Crippen LogP contribution < -0.4 is 4.74 Å². The molecule has 1 aromatic carbocycles. The highest BCUT2D eigenvalue weighted by Crippen LogP contribution is 2.32. The molecular formula is C24H36N2O3. The normalized spacial score (nSPS) is 23.9. The summed E-state index contributed by atoms with van der Waals surface area (Å²) < 4.78 is 10.9. The Kier molecular flexibility index (Phi) is 7.09. The molecule has 0 N–H and O–H groups in total. The Hall–Kier alpha value is -1.59. The van der Waals surface area contributed by atoms with Crippen molar-refractivity contribution in [3.05, 3.63) is 29.3 Å². The van der Waals surface area contributed by atoms with Gasteiger partial charge in [0, 0.05) is 39.3 Å². The minimum atomic E-state index is 0.257. The number of ether oxygens (including phenoxy) is 2. The van der Waals surface area contributed by atoms with Crippen LogP contribution in [0, 0.1) is 5.92 Å². The van der Waals surface area contributed by atoms with E-state index >= 15 is 0 Å². The number of fused-ring (bicyclic) bond motifs is 2. The topological polar surface area (TPSA) is 42.0 Å². The molecule has 160 valence electrons. The van der Waals surface area contributed by atoms with Crippen LogP contribution in [0.3, 0.4) is 0 Å². The van der Waals surface area contributed by atoms with Gasteiger partial charge in [-0.15, -0.1) is 0 Å². The van der Waals surface area contributed by atoms with Crippen molar-refractivity contribution in [2.24, 2.45) is 5.92 Å². The summed E-state index contributed by atoms with van der Waals surface area (Å²) in [7, 11) is 1.74. The molecule has 0 saturated carbocycles. The van der Waals surface area contributed by atoms with E-state index in [1.807, 2.05) is 6.07 Å². The van der Waals surface area contributed by atoms with Crippen LogP contribution in [0.2, 0.25) is 0 Å². The van der Waals surface area contributed by atoms with E-state index in [0.717, 1.165) is 43.9 Å². The first-order chi connectivity index (χ1) is 14.2. The molecule has 0 spiro atoms. The maximum Gasteiger partial charge on any atom is 0.227 e. The molecule has 1 aromatic rings. The lowest BCUT2D eigenvalue weighted by Gasteiger charge is -2.45. The first-order valence-electron chi connectivity index (χ1n) is 11.5. The monoisotopic (exact) mass is 400 g/mol. The van der Waals surface area contributed by atoms with Crippen molar-refractivity contribution >= 4 is 5.91 Å². The number of hydrogen-bond donors (Lipinski definition) is 0. The summed E-state index contributed by atoms with van der Waals surface area (Å²) in [6.45, 7) is 5.66. The number of nitrogens with zero attached hydrogens (tertiary/aromatic N) is 2. The van der Waals surface area contributed by atoms with Crippen LogP contribution in [0.15, 0.2) is 18.2 Å². The molecule has 29 heavy (non-hydrogen) atoms. The average Bonchev–Trinajstić information content (AvgIpc) is 3.21. The maximum atomic E-state index is 13.3. The van der Waals surface area contributed by atoms with Crippen LogP contribution >= 0.6 is 0 Å². The van der Waals surface area contributed by atoms with Crippen LogP contribution in [-0.2, 0) is 22.4 Å². The quantitative estimate of drug-likeness (QED) is 0.628. The smallest absolute Gasteiger partial charge is 0.227 e. The Bertz CT molecular complexity index is 691. The summed E-state index contributed by atoms with van der Waals surface area (Å²) in [5.41, 5.74) is 2.35. The fraction of sp³-hybridized carbons (Fsp3) is 0.708. The third kappa shape index (κ3) is 5.13. The van der Waals surface area contributed by atoms with Gasteiger partial charge in [0.1, 0.15) is 5.75 Å². The van der Waals surface area contributed by atoms with E-state index in [1.54, 1.807) is 7.11 Å². The molecule has 4 rings (SSSR count). The van der Waals surface area contributed by atoms with Crippen LogP contribution in [0.25, 0.3) is 0 Å². The van der Waals surface area contributed by atoms with Gasteiger partial charge in [0.05, 0.1) is 13.0 Å². The van der Waals surface area contributed by atoms with E-state index in [-0.39, 0.29) is 5.91 Å². The van der Waals surface area contributed by atoms with Gasteiger partial charge in [-0.2, -0.15) is 0 Å². The number of rotatable bonds is 8. The molecule has 5 nitrogen and oxygen atoms in total. The number of carbonyl (C=O) groups is 1. The minimum Gasteiger partial charge on any atom is -0.493 e. The molecule has 0 bridgehead atoms. The van der Waals surface area contributed by atoms with Gasteiger partial charge in [-0.3, -0.25) is 4.79 Å². The lowest BCUT2D eigenvalue weighted by atomic mass is 9.83. The number of hydrogen-bond acceptors (Lipinski definition) is 4. The molecule has 3 aliphatic rings. The highest BCUT2D eigenvalue weighted by molar-refractivity contribution is 5.79. The first kappa shape index (κ1) is 20.7. The second-order valence-corrected chi connectivity index (χ2v) is 8.90. The average molecular weight is 401 g/mol. The Morgan fingerprint density at radius 3 is 3.03 bits per heavy atom. The van der Waals surface area contributed by atoms with Crippen molar-refractivity contribution in [3.63, 3.8) is 0 Å². The second-order valence-electron chi connectivity index (χ2n) is 8.90. The summed E-state index contributed by atoms with van der Waals surface area (Å²) in [5, 5.41) is 0. The molecule has 0 unspecified atom stereocenters. The zero-order valence-electron chi connectivity index (χ0n) is 17.9. The summed E-state index contributed by atoms with van der Waals surface area (Å²) >= 11 is 0. The van der Waals surface area contributed by atoms with Crippen molar-refractivity contribution in [1.82, 2.24) is 9.80 Å². The van der Waals surface area contributed by atoms with E-state index in [2.05, 4.69) is 21.9 Å². The van der Waals surface area contributed by atoms with Gasteiger partial charge in [-0.25, -0.2) is 0 Å². The Balaban J connectivity index is 1.42. The molecule has 3 heterocycles. The zero-order chi connectivity index (χ0) is 20.1. The SMILES string of the molecule is COCCCN(C[C@@H]1CCCN2CCCC[C@H]12)C(=O)Cc1ccc2c(c1)CCO2. The van der Waals surface area contributed by atoms with E-state index < -0.39 is 0 Å². The van der Waals surface area contributed by atoms with Crippen molar-refractivity contribution in [3.8, 4) is 5.75 Å². The third-order valence-electron chi connectivity index (χ3n) is 6.92. The van der Waals surface area contributed by atoms with Crippen molar-refractivity contribution < 1.29 is 14.3 Å². The van der Waals surface area contributed by atoms with Crippen LogP contribution in [0.4, 0.5) is 0 Å². The molecule has 0 aromatic heterocycles. The Morgan fingerprint density at radius 1 is 1.24 bits per heavy atom. The maximum absolute atomic E-state index is 13.3. The lowest BCUT2D eigenvalue weighted by Crippen LogP contribution is -2.52. The Morgan fingerprint density at radius 2 is 2.14 bits per heavy atom. The molecule has 1 amide bonds. The molecular weight excluding hydrogens is 364 g/mol. The molecule has 0 radical (unpaired) electrons. The van der Waals surface area contributed by atoms with Crippen molar-refractivity contribution in [2.45, 2.75) is 57.4 Å². The molecule has 5 heteroatoms. The standard InChI is InChI=1S/C24H36N2O3/c1-28-14-5-13-26(18-21-6-4-12-25-11-3-2-7-22(21)25)24(27)17-19-8-9-23-20(16-19)10-15-29-23/h8-9,16,21-22H,2-7,10-15,17-18H2,1H3/t21-,22+/m0/s1. The number of benzene rings is 1. The second kappa shape index (κ2) is 9.94. The van der Waals surface area contributed by atoms with Crippen LogP contribution in [0.5, 0.6) is 5.75 Å². The van der Waals surface area contributed by atoms with E-state index in [0.29, 0.717) is 25.0 Å². The molecule has 2 atom stereocenters. The number of methoxy groups -OCH3 is 1. The predicted octanol–water partition coefficient (Wildman–Crippen LogP) is 3.29. The van der Waals surface area contributed by atoms with Gasteiger partial charge in [-0.1, -0.05) is 18.6 Å². The van der Waals surface area contributed by atoms with E-state index in [1.165, 1.54) is 50.8 Å². The van der Waals surface area contributed by atoms with Crippen molar-refractivity contribution in [1.29, 1.82) is 0 Å². The molecule has 2 saturated heterocycles. The highest BCUT2D eigenvalue weighted by atomic mass is 16.5. The van der Waals surface area contributed by atoms with E-state index in [9.17, 15) is 4.79 Å². The van der Waals surface area contributed by atoms with Gasteiger partial charge >= 0.3 is 0 Å². The van der Waals surface area contributed by atoms with Gasteiger partial charge in [-0.05, 0) is 68.3 Å². The summed E-state index contributed by atoms with van der Waals surface area (Å²) in [4.78, 5) is 18.1. The summed E-state index contributed by atoms with van der Waals surface area (Å²) in [6, 6.07) is 6.92. The number of piperidine rings is 2. The summed E-state index contributed by atoms with van der Waals surface area (Å²) in [5.74, 6) is 1.86. The minimum absolute atomic E-state index is 0.257. The fourth-order valence-electron chi connectivity index (χ4n) is 5.43. The first-order valence-corrected chi connectivity index (χ1v) is 11.5. The lowest BCUT2D eigenvalue weighted by molar-refractivity contribution is -0.132. The van der Waals surface area contributed by atoms with Gasteiger partial charge in [0.15, 0.2) is 0 Å². The Labute approximate surface area is 175 Å². The third-order valence-corrected chi connectivity index (χ3v) is 6.92. The van der Waals surface area contributed by atoms with Gasteiger partial charge in [0.2, 0.25) is 5.91 Å². The van der Waals surface area contributed by atoms with Crippen LogP contribution in [0.1, 0.15) is 49.7 Å². The molecule has 0 aliphatic carbocycles. The van der Waals surface area contributed by atoms with Crippen molar-refractivity contribution in [2.75, 3.05) is 46.5 Å². The van der Waals surface area contributed by atoms with Crippen LogP contribution in [-0.4, -0.2) is 68.3 Å². The molecule has 2 fully saturated rings. The predicted molar refractivity (Wildman–Crippen MR) is 114 cm³/mol. The number of carbonyl (C=O) groups excluding carboxylic acids is 1. The zero-order valence-corrected chi connectivity index (χ0v) is 17.9. The largest absolute Gasteiger partial charge is 0.493 e. The van der Waals surface area contributed by atoms with E-state index in [4.69, 9.17) is 9.47 Å². The summed E-state index contributed by atoms with van der Waals surface area (Å²) in [6.07, 6.45) is 8.85. The fourth-order valence-corrected chi connectivity index (χ4v) is 5.43.